The predicted molar refractivity (Wildman–Crippen MR) is 108 cm³/mol. The van der Waals surface area contributed by atoms with Gasteiger partial charge in [0.1, 0.15) is 0 Å². The third-order valence-electron chi connectivity index (χ3n) is 5.72. The molecule has 0 atom stereocenters. The van der Waals surface area contributed by atoms with E-state index >= 15 is 0 Å². The van der Waals surface area contributed by atoms with Crippen LogP contribution < -0.4 is 0 Å². The standard InChI is InChI=1S/2C12H13.Co/c2*1-8-9(2)11-6-4-5-7-12(11)10(8)3;/h2*4-7H,1-3H3;/q-5;-1;. The van der Waals surface area contributed by atoms with Gasteiger partial charge in [0, 0.05) is 16.8 Å². The van der Waals surface area contributed by atoms with Gasteiger partial charge in [0.25, 0.3) is 0 Å². The molecule has 25 heavy (non-hydrogen) atoms. The Bertz CT molecular complexity index is 850. The van der Waals surface area contributed by atoms with Crippen molar-refractivity contribution < 1.29 is 16.8 Å². The summed E-state index contributed by atoms with van der Waals surface area (Å²) in [5.74, 6) is 0. The molecule has 0 saturated carbocycles. The Morgan fingerprint density at radius 3 is 1.68 bits per heavy atom. The summed E-state index contributed by atoms with van der Waals surface area (Å²) in [5.41, 5.74) is 8.62. The van der Waals surface area contributed by atoms with E-state index in [1.807, 2.05) is 0 Å². The van der Waals surface area contributed by atoms with E-state index in [2.05, 4.69) is 90.1 Å². The van der Waals surface area contributed by atoms with Gasteiger partial charge in [-0.15, -0.1) is 52.4 Å². The van der Waals surface area contributed by atoms with Crippen LogP contribution in [0.2, 0.25) is 0 Å². The van der Waals surface area contributed by atoms with E-state index < -0.39 is 0 Å². The minimum atomic E-state index is 0. The Labute approximate surface area is 161 Å². The number of rotatable bonds is 0. The number of fused-ring (bicyclic) bond motifs is 2. The molecule has 0 aromatic heterocycles. The van der Waals surface area contributed by atoms with E-state index in [0.717, 1.165) is 0 Å². The molecule has 0 unspecified atom stereocenters. The molecule has 4 aromatic rings. The topological polar surface area (TPSA) is 0 Å². The first kappa shape index (κ1) is 19.5. The first-order chi connectivity index (χ1) is 11.4. The van der Waals surface area contributed by atoms with Gasteiger partial charge in [0.2, 0.25) is 0 Å². The molecular weight excluding hydrogens is 347 g/mol. The SMILES string of the molecule is C[c-]1[c-](C)[c-]2cccc[c-]2[c-]1C.Cc1c(C)c2cccc[c-]2c1C.[Co]. The minimum Gasteiger partial charge on any atom is -0.748 e. The van der Waals surface area contributed by atoms with Crippen molar-refractivity contribution in [2.24, 2.45) is 0 Å². The fourth-order valence-corrected chi connectivity index (χ4v) is 3.64. The third kappa shape index (κ3) is 3.31. The van der Waals surface area contributed by atoms with Crippen molar-refractivity contribution in [1.29, 1.82) is 0 Å². The summed E-state index contributed by atoms with van der Waals surface area (Å²) >= 11 is 0. The minimum absolute atomic E-state index is 0. The van der Waals surface area contributed by atoms with Crippen molar-refractivity contribution in [1.82, 2.24) is 0 Å². The predicted octanol–water partition coefficient (Wildman–Crippen LogP) is 6.97. The summed E-state index contributed by atoms with van der Waals surface area (Å²) < 4.78 is 0. The zero-order chi connectivity index (χ0) is 17.4. The molecule has 4 rings (SSSR count). The van der Waals surface area contributed by atoms with Gasteiger partial charge in [-0.05, 0) is 0 Å². The van der Waals surface area contributed by atoms with Crippen LogP contribution in [0.5, 0.6) is 0 Å². The fourth-order valence-electron chi connectivity index (χ4n) is 3.64. The number of aryl methyl sites for hydroxylation is 4. The van der Waals surface area contributed by atoms with E-state index in [0.29, 0.717) is 0 Å². The Hall–Kier alpha value is -1.83. The smallest absolute Gasteiger partial charge is 0 e. The molecule has 0 nitrogen and oxygen atoms in total. The molecule has 0 amide bonds. The summed E-state index contributed by atoms with van der Waals surface area (Å²) in [6.07, 6.45) is 0. The average molecular weight is 373 g/mol. The van der Waals surface area contributed by atoms with Gasteiger partial charge in [-0.1, -0.05) is 26.2 Å². The van der Waals surface area contributed by atoms with Gasteiger partial charge in [-0.2, -0.15) is 13.8 Å². The molecule has 4 aromatic carbocycles. The molecule has 0 heterocycles. The number of benzene rings is 2. The largest absolute Gasteiger partial charge is 0.748 e. The van der Waals surface area contributed by atoms with Crippen LogP contribution in [-0.2, 0) is 16.8 Å². The van der Waals surface area contributed by atoms with Crippen LogP contribution in [0.4, 0.5) is 0 Å². The van der Waals surface area contributed by atoms with Gasteiger partial charge in [-0.25, -0.2) is 19.1 Å². The zero-order valence-electron chi connectivity index (χ0n) is 16.0. The van der Waals surface area contributed by atoms with Crippen LogP contribution in [0.15, 0.2) is 48.5 Å². The second kappa shape index (κ2) is 7.59. The van der Waals surface area contributed by atoms with Crippen molar-refractivity contribution in [2.45, 2.75) is 41.5 Å². The maximum absolute atomic E-state index is 2.20. The summed E-state index contributed by atoms with van der Waals surface area (Å²) in [6, 6.07) is 17.2. The van der Waals surface area contributed by atoms with Crippen LogP contribution in [0.3, 0.4) is 0 Å². The van der Waals surface area contributed by atoms with E-state index in [4.69, 9.17) is 0 Å². The average Bonchev–Trinajstić information content (AvgIpc) is 2.98. The number of hydrogen-bond acceptors (Lipinski definition) is 0. The maximum Gasteiger partial charge on any atom is 0 e. The molecule has 1 heteroatoms. The molecule has 0 saturated heterocycles. The fraction of sp³-hybridized carbons (Fsp3) is 0.250. The van der Waals surface area contributed by atoms with Gasteiger partial charge >= 0.3 is 0 Å². The zero-order valence-corrected chi connectivity index (χ0v) is 17.0. The second-order valence-electron chi connectivity index (χ2n) is 6.84. The first-order valence-electron chi connectivity index (χ1n) is 8.65. The van der Waals surface area contributed by atoms with Crippen molar-refractivity contribution in [3.05, 3.63) is 81.9 Å². The Balaban J connectivity index is 0.000000173. The van der Waals surface area contributed by atoms with Gasteiger partial charge < -0.3 is 33.5 Å². The van der Waals surface area contributed by atoms with Gasteiger partial charge in [-0.3, -0.25) is 0 Å². The molecule has 0 aliphatic carbocycles. The van der Waals surface area contributed by atoms with E-state index in [1.54, 1.807) is 0 Å². The third-order valence-corrected chi connectivity index (χ3v) is 5.72. The van der Waals surface area contributed by atoms with Crippen LogP contribution in [0.25, 0.3) is 21.5 Å². The Kier molecular flexibility index (Phi) is 5.92. The molecule has 1 radical (unpaired) electrons. The quantitative estimate of drug-likeness (QED) is 0.292. The summed E-state index contributed by atoms with van der Waals surface area (Å²) in [5, 5.41) is 5.64. The van der Waals surface area contributed by atoms with Crippen LogP contribution >= 0.6 is 0 Å². The summed E-state index contributed by atoms with van der Waals surface area (Å²) in [7, 11) is 0. The molecular formula is C24H26Co-6. The normalized spacial score (nSPS) is 10.5. The van der Waals surface area contributed by atoms with Crippen LogP contribution in [0.1, 0.15) is 33.4 Å². The molecule has 0 spiro atoms. The molecule has 0 bridgehead atoms. The first-order valence-corrected chi connectivity index (χ1v) is 8.65. The number of hydrogen-bond donors (Lipinski definition) is 0. The van der Waals surface area contributed by atoms with E-state index in [1.165, 1.54) is 54.9 Å². The summed E-state index contributed by atoms with van der Waals surface area (Å²) in [4.78, 5) is 0. The second-order valence-corrected chi connectivity index (χ2v) is 6.84. The Morgan fingerprint density at radius 1 is 0.640 bits per heavy atom. The Morgan fingerprint density at radius 2 is 1.16 bits per heavy atom. The molecule has 0 N–H and O–H groups in total. The van der Waals surface area contributed by atoms with Crippen molar-refractivity contribution in [2.75, 3.05) is 0 Å². The van der Waals surface area contributed by atoms with Crippen LogP contribution in [0, 0.1) is 41.5 Å². The van der Waals surface area contributed by atoms with E-state index in [9.17, 15) is 0 Å². The van der Waals surface area contributed by atoms with Gasteiger partial charge in [0.15, 0.2) is 0 Å². The van der Waals surface area contributed by atoms with Crippen LogP contribution in [-0.4, -0.2) is 0 Å². The van der Waals surface area contributed by atoms with Gasteiger partial charge in [0.05, 0.1) is 0 Å². The molecule has 0 aliphatic rings. The molecule has 137 valence electrons. The van der Waals surface area contributed by atoms with Crippen molar-refractivity contribution in [3.63, 3.8) is 0 Å². The maximum atomic E-state index is 2.20. The summed E-state index contributed by atoms with van der Waals surface area (Å²) in [6.45, 7) is 13.2. The molecule has 0 fully saturated rings. The molecule has 0 aliphatic heterocycles. The van der Waals surface area contributed by atoms with Crippen molar-refractivity contribution >= 4 is 21.5 Å². The van der Waals surface area contributed by atoms with E-state index in [-0.39, 0.29) is 16.8 Å². The van der Waals surface area contributed by atoms with Crippen molar-refractivity contribution in [3.8, 4) is 0 Å². The monoisotopic (exact) mass is 373 g/mol.